The molecule has 2 aromatic carbocycles. The molecule has 0 fully saturated rings. The van der Waals surface area contributed by atoms with Crippen molar-refractivity contribution < 1.29 is 23.7 Å². The number of rotatable bonds is 13. The highest BCUT2D eigenvalue weighted by atomic mass is 35.5. The first-order chi connectivity index (χ1) is 19.8. The van der Waals surface area contributed by atoms with Gasteiger partial charge in [-0.3, -0.25) is 4.79 Å². The van der Waals surface area contributed by atoms with Crippen molar-refractivity contribution in [1.29, 1.82) is 0 Å². The van der Waals surface area contributed by atoms with Crippen LogP contribution in [0.3, 0.4) is 0 Å². The fraction of sp³-hybridized carbons (Fsp3) is 0.367. The molecule has 0 aliphatic rings. The number of carbonyl (C=O) groups excluding carboxylic acids is 1. The lowest BCUT2D eigenvalue weighted by Gasteiger charge is -2.16. The monoisotopic (exact) mass is 600 g/mol. The van der Waals surface area contributed by atoms with Crippen LogP contribution in [0.5, 0.6) is 23.0 Å². The Morgan fingerprint density at radius 1 is 0.951 bits per heavy atom. The maximum absolute atomic E-state index is 12.9. The number of aromatic nitrogens is 3. The summed E-state index contributed by atoms with van der Waals surface area (Å²) in [5, 5.41) is 8.35. The van der Waals surface area contributed by atoms with Crippen LogP contribution in [-0.2, 0) is 24.2 Å². The molecule has 0 saturated heterocycles. The van der Waals surface area contributed by atoms with Crippen LogP contribution in [0.1, 0.15) is 42.3 Å². The largest absolute Gasteiger partial charge is 0.497 e. The Hall–Kier alpha value is -3.69. The number of nitrogens with one attached hydrogen (secondary N) is 1. The molecule has 9 nitrogen and oxygen atoms in total. The van der Waals surface area contributed by atoms with Crippen LogP contribution >= 0.6 is 23.2 Å². The molecule has 0 radical (unpaired) electrons. The summed E-state index contributed by atoms with van der Waals surface area (Å²) in [4.78, 5) is 17.6. The molecule has 1 atom stereocenters. The SMILES string of the molecule is COc1ccc(OC)c(Cc2c(CNC(=O)CCC(C)Cc3ccc(OC)c(OC)c3Cl)nc3ccc(Cl)nn23)c1. The van der Waals surface area contributed by atoms with Crippen LogP contribution in [0, 0.1) is 5.92 Å². The van der Waals surface area contributed by atoms with Gasteiger partial charge in [-0.15, -0.1) is 0 Å². The Bertz CT molecular complexity index is 1520. The highest BCUT2D eigenvalue weighted by molar-refractivity contribution is 6.33. The summed E-state index contributed by atoms with van der Waals surface area (Å²) in [6.07, 6.45) is 2.20. The van der Waals surface area contributed by atoms with E-state index in [1.165, 1.54) is 0 Å². The van der Waals surface area contributed by atoms with E-state index >= 15 is 0 Å². The fourth-order valence-corrected chi connectivity index (χ4v) is 5.18. The van der Waals surface area contributed by atoms with Gasteiger partial charge in [0.15, 0.2) is 17.1 Å². The highest BCUT2D eigenvalue weighted by Gasteiger charge is 2.19. The molecule has 218 valence electrons. The van der Waals surface area contributed by atoms with Gasteiger partial charge in [0.1, 0.15) is 16.7 Å². The van der Waals surface area contributed by atoms with Crippen molar-refractivity contribution in [1.82, 2.24) is 19.9 Å². The second kappa shape index (κ2) is 13.8. The number of fused-ring (bicyclic) bond motifs is 1. The number of amides is 1. The van der Waals surface area contributed by atoms with E-state index in [2.05, 4.69) is 17.3 Å². The molecular formula is C30H34Cl2N4O5. The van der Waals surface area contributed by atoms with Crippen LogP contribution in [0.25, 0.3) is 5.65 Å². The minimum Gasteiger partial charge on any atom is -0.497 e. The number of halogens is 2. The Morgan fingerprint density at radius 3 is 2.41 bits per heavy atom. The normalized spacial score (nSPS) is 11.8. The van der Waals surface area contributed by atoms with Crippen molar-refractivity contribution in [2.75, 3.05) is 28.4 Å². The number of ether oxygens (including phenoxy) is 4. The Morgan fingerprint density at radius 2 is 1.71 bits per heavy atom. The van der Waals surface area contributed by atoms with Crippen molar-refractivity contribution in [3.63, 3.8) is 0 Å². The molecular weight excluding hydrogens is 567 g/mol. The van der Waals surface area contributed by atoms with E-state index in [-0.39, 0.29) is 18.4 Å². The average Bonchev–Trinajstić information content (AvgIpc) is 3.31. The summed E-state index contributed by atoms with van der Waals surface area (Å²) in [5.74, 6) is 2.67. The van der Waals surface area contributed by atoms with E-state index < -0.39 is 0 Å². The Balaban J connectivity index is 1.44. The predicted molar refractivity (Wildman–Crippen MR) is 159 cm³/mol. The van der Waals surface area contributed by atoms with Gasteiger partial charge in [-0.2, -0.15) is 5.10 Å². The number of hydrogen-bond acceptors (Lipinski definition) is 7. The first kappa shape index (κ1) is 30.3. The van der Waals surface area contributed by atoms with Crippen LogP contribution < -0.4 is 24.3 Å². The molecule has 0 aliphatic carbocycles. The minimum atomic E-state index is -0.0665. The number of imidazole rings is 1. The van der Waals surface area contributed by atoms with Gasteiger partial charge < -0.3 is 24.3 Å². The number of methoxy groups -OCH3 is 4. The second-order valence-electron chi connectivity index (χ2n) is 9.68. The standard InChI is InChI=1S/C30H34Cl2N4O5/c1-18(14-19-7-9-25(40-4)30(41-5)29(19)32)6-13-28(37)33-17-22-23(36-27(34-22)12-11-26(31)35-36)16-20-15-21(38-2)8-10-24(20)39-3/h7-12,15,18H,6,13-14,16-17H2,1-5H3,(H,33,37). The molecule has 2 heterocycles. The average molecular weight is 602 g/mol. The van der Waals surface area contributed by atoms with Crippen LogP contribution in [0.4, 0.5) is 0 Å². The number of hydrogen-bond donors (Lipinski definition) is 1. The van der Waals surface area contributed by atoms with Gasteiger partial charge in [-0.25, -0.2) is 9.50 Å². The van der Waals surface area contributed by atoms with E-state index in [1.54, 1.807) is 45.1 Å². The zero-order valence-corrected chi connectivity index (χ0v) is 25.3. The fourth-order valence-electron chi connectivity index (χ4n) is 4.73. The molecule has 11 heteroatoms. The molecule has 4 rings (SSSR count). The van der Waals surface area contributed by atoms with Gasteiger partial charge in [-0.05, 0) is 60.7 Å². The molecule has 1 amide bonds. The van der Waals surface area contributed by atoms with Gasteiger partial charge in [0, 0.05) is 18.4 Å². The van der Waals surface area contributed by atoms with E-state index in [1.807, 2.05) is 30.3 Å². The second-order valence-corrected chi connectivity index (χ2v) is 10.4. The molecule has 0 spiro atoms. The van der Waals surface area contributed by atoms with E-state index in [0.29, 0.717) is 70.2 Å². The summed E-state index contributed by atoms with van der Waals surface area (Å²) in [5.41, 5.74) is 3.97. The molecule has 1 unspecified atom stereocenters. The van der Waals surface area contributed by atoms with Crippen LogP contribution in [-0.4, -0.2) is 48.9 Å². The van der Waals surface area contributed by atoms with Crippen molar-refractivity contribution in [3.05, 3.63) is 75.2 Å². The molecule has 2 aromatic heterocycles. The summed E-state index contributed by atoms with van der Waals surface area (Å²) in [7, 11) is 6.38. The van der Waals surface area contributed by atoms with Gasteiger partial charge in [0.2, 0.25) is 5.91 Å². The Kier molecular flexibility index (Phi) is 10.2. The predicted octanol–water partition coefficient (Wildman–Crippen LogP) is 5.94. The summed E-state index contributed by atoms with van der Waals surface area (Å²) in [6, 6.07) is 12.9. The quantitative estimate of drug-likeness (QED) is 0.203. The number of benzene rings is 2. The van der Waals surface area contributed by atoms with Crippen LogP contribution in [0.2, 0.25) is 10.2 Å². The zero-order chi connectivity index (χ0) is 29.5. The third kappa shape index (κ3) is 7.15. The third-order valence-electron chi connectivity index (χ3n) is 6.92. The van der Waals surface area contributed by atoms with E-state index in [9.17, 15) is 4.79 Å². The van der Waals surface area contributed by atoms with Crippen LogP contribution in [0.15, 0.2) is 42.5 Å². The molecule has 0 aliphatic heterocycles. The molecule has 1 N–H and O–H groups in total. The zero-order valence-electron chi connectivity index (χ0n) is 23.8. The number of nitrogens with zero attached hydrogens (tertiary/aromatic N) is 3. The van der Waals surface area contributed by atoms with E-state index in [4.69, 9.17) is 47.1 Å². The molecule has 4 aromatic rings. The van der Waals surface area contributed by atoms with Crippen molar-refractivity contribution in [3.8, 4) is 23.0 Å². The minimum absolute atomic E-state index is 0.0665. The molecule has 0 saturated carbocycles. The summed E-state index contributed by atoms with van der Waals surface area (Å²) in [6.45, 7) is 2.34. The lowest BCUT2D eigenvalue weighted by Crippen LogP contribution is -2.24. The molecule has 41 heavy (non-hydrogen) atoms. The van der Waals surface area contributed by atoms with Crippen molar-refractivity contribution in [2.45, 2.75) is 39.2 Å². The lowest BCUT2D eigenvalue weighted by atomic mass is 9.96. The maximum Gasteiger partial charge on any atom is 0.220 e. The van der Waals surface area contributed by atoms with E-state index in [0.717, 1.165) is 16.8 Å². The summed E-state index contributed by atoms with van der Waals surface area (Å²) >= 11 is 12.8. The highest BCUT2D eigenvalue weighted by Crippen LogP contribution is 2.38. The summed E-state index contributed by atoms with van der Waals surface area (Å²) < 4.78 is 23.4. The third-order valence-corrected chi connectivity index (χ3v) is 7.53. The van der Waals surface area contributed by atoms with Crippen molar-refractivity contribution >= 4 is 34.8 Å². The first-order valence-electron chi connectivity index (χ1n) is 13.2. The molecule has 0 bridgehead atoms. The van der Waals surface area contributed by atoms with Gasteiger partial charge in [-0.1, -0.05) is 36.2 Å². The topological polar surface area (TPSA) is 96.2 Å². The smallest absolute Gasteiger partial charge is 0.220 e. The first-order valence-corrected chi connectivity index (χ1v) is 13.9. The van der Waals surface area contributed by atoms with Crippen molar-refractivity contribution in [2.24, 2.45) is 5.92 Å². The van der Waals surface area contributed by atoms with Gasteiger partial charge >= 0.3 is 0 Å². The van der Waals surface area contributed by atoms with Gasteiger partial charge in [0.25, 0.3) is 0 Å². The Labute approximate surface area is 249 Å². The maximum atomic E-state index is 12.9. The lowest BCUT2D eigenvalue weighted by molar-refractivity contribution is -0.121. The van der Waals surface area contributed by atoms with Gasteiger partial charge in [0.05, 0.1) is 51.4 Å². The number of carbonyl (C=O) groups is 1.